The van der Waals surface area contributed by atoms with Crippen molar-refractivity contribution in [1.29, 1.82) is 0 Å². The SMILES string of the molecule is c1ccc2c(c1)Oc1cc(-c3ccc4c(c3)c3ccccc3n4-c3ccc4oc5ccccc5c4c3)ccc1N2c1ccc2oc3ccccc3c2c1. The largest absolute Gasteiger partial charge is 0.456 e. The zero-order chi connectivity index (χ0) is 34.6. The summed E-state index contributed by atoms with van der Waals surface area (Å²) in [5.74, 6) is 1.62. The summed E-state index contributed by atoms with van der Waals surface area (Å²) in [6, 6.07) is 59.6. The summed E-state index contributed by atoms with van der Waals surface area (Å²) in [4.78, 5) is 2.29. The minimum atomic E-state index is 0.807. The number of anilines is 3. The quantitative estimate of drug-likeness (QED) is 0.186. The van der Waals surface area contributed by atoms with Gasteiger partial charge in [-0.1, -0.05) is 78.9 Å². The summed E-state index contributed by atoms with van der Waals surface area (Å²) in [6.45, 7) is 0. The molecule has 1 aliphatic heterocycles. The molecule has 4 heterocycles. The van der Waals surface area contributed by atoms with Gasteiger partial charge in [0.2, 0.25) is 0 Å². The maximum Gasteiger partial charge on any atom is 0.152 e. The average Bonchev–Trinajstić information content (AvgIpc) is 3.88. The normalized spacial score (nSPS) is 12.6. The van der Waals surface area contributed by atoms with Gasteiger partial charge in [-0.2, -0.15) is 0 Å². The molecule has 5 nitrogen and oxygen atoms in total. The first-order chi connectivity index (χ1) is 26.2. The van der Waals surface area contributed by atoms with Crippen molar-refractivity contribution in [2.75, 3.05) is 4.90 Å². The molecular weight excluding hydrogens is 653 g/mol. The topological polar surface area (TPSA) is 43.7 Å². The fraction of sp³-hybridized carbons (Fsp3) is 0. The molecule has 0 aliphatic carbocycles. The monoisotopic (exact) mass is 680 g/mol. The number of para-hydroxylation sites is 5. The molecule has 0 amide bonds. The van der Waals surface area contributed by atoms with E-state index < -0.39 is 0 Å². The summed E-state index contributed by atoms with van der Waals surface area (Å²) in [7, 11) is 0. The molecule has 0 saturated heterocycles. The highest BCUT2D eigenvalue weighted by Crippen LogP contribution is 2.52. The Bertz CT molecular complexity index is 3290. The van der Waals surface area contributed by atoms with Gasteiger partial charge in [-0.15, -0.1) is 0 Å². The van der Waals surface area contributed by atoms with Crippen LogP contribution in [0.25, 0.3) is 82.5 Å². The molecule has 0 radical (unpaired) electrons. The van der Waals surface area contributed by atoms with Crippen LogP contribution in [0.2, 0.25) is 0 Å². The lowest BCUT2D eigenvalue weighted by atomic mass is 10.0. The Morgan fingerprint density at radius 2 is 0.906 bits per heavy atom. The van der Waals surface area contributed by atoms with E-state index >= 15 is 0 Å². The van der Waals surface area contributed by atoms with Gasteiger partial charge in [-0.25, -0.2) is 0 Å². The maximum atomic E-state index is 6.64. The number of nitrogens with zero attached hydrogens (tertiary/aromatic N) is 2. The van der Waals surface area contributed by atoms with E-state index in [0.717, 1.165) is 100 Å². The van der Waals surface area contributed by atoms with Crippen molar-refractivity contribution in [2.45, 2.75) is 0 Å². The third-order valence-corrected chi connectivity index (χ3v) is 10.8. The molecule has 3 aromatic heterocycles. The van der Waals surface area contributed by atoms with Crippen LogP contribution in [0.15, 0.2) is 179 Å². The van der Waals surface area contributed by atoms with Gasteiger partial charge < -0.3 is 23.0 Å². The zero-order valence-electron chi connectivity index (χ0n) is 28.3. The van der Waals surface area contributed by atoms with Gasteiger partial charge >= 0.3 is 0 Å². The van der Waals surface area contributed by atoms with Crippen molar-refractivity contribution in [3.63, 3.8) is 0 Å². The van der Waals surface area contributed by atoms with Crippen molar-refractivity contribution in [2.24, 2.45) is 0 Å². The maximum absolute atomic E-state index is 6.64. The van der Waals surface area contributed by atoms with E-state index in [1.165, 1.54) is 10.8 Å². The molecule has 0 unspecified atom stereocenters. The molecule has 248 valence electrons. The van der Waals surface area contributed by atoms with E-state index in [9.17, 15) is 0 Å². The van der Waals surface area contributed by atoms with Crippen molar-refractivity contribution >= 4 is 82.7 Å². The van der Waals surface area contributed by atoms with E-state index in [1.807, 2.05) is 36.4 Å². The summed E-state index contributed by atoms with van der Waals surface area (Å²) in [5, 5.41) is 6.83. The van der Waals surface area contributed by atoms with Crippen molar-refractivity contribution in [3.05, 3.63) is 170 Å². The van der Waals surface area contributed by atoms with E-state index in [0.29, 0.717) is 0 Å². The summed E-state index contributed by atoms with van der Waals surface area (Å²) in [6.07, 6.45) is 0. The predicted molar refractivity (Wildman–Crippen MR) is 216 cm³/mol. The molecular formula is C48H28N2O3. The summed E-state index contributed by atoms with van der Waals surface area (Å²) < 4.78 is 21.3. The zero-order valence-corrected chi connectivity index (χ0v) is 28.3. The van der Waals surface area contributed by atoms with Crippen LogP contribution in [0.4, 0.5) is 17.1 Å². The second kappa shape index (κ2) is 10.6. The van der Waals surface area contributed by atoms with Crippen LogP contribution in [-0.4, -0.2) is 4.57 Å². The minimum absolute atomic E-state index is 0.807. The van der Waals surface area contributed by atoms with Crippen LogP contribution in [0.5, 0.6) is 11.5 Å². The number of hydrogen-bond acceptors (Lipinski definition) is 4. The first-order valence-electron chi connectivity index (χ1n) is 17.8. The average molecular weight is 681 g/mol. The third-order valence-electron chi connectivity index (χ3n) is 10.8. The van der Waals surface area contributed by atoms with Crippen molar-refractivity contribution in [1.82, 2.24) is 4.57 Å². The Morgan fingerprint density at radius 1 is 0.340 bits per heavy atom. The van der Waals surface area contributed by atoms with Crippen molar-refractivity contribution < 1.29 is 13.6 Å². The van der Waals surface area contributed by atoms with Gasteiger partial charge in [-0.3, -0.25) is 0 Å². The number of benzene rings is 8. The molecule has 0 N–H and O–H groups in total. The van der Waals surface area contributed by atoms with Crippen LogP contribution in [0.1, 0.15) is 0 Å². The fourth-order valence-electron chi connectivity index (χ4n) is 8.35. The van der Waals surface area contributed by atoms with Crippen molar-refractivity contribution in [3.8, 4) is 28.3 Å². The molecule has 5 heteroatoms. The van der Waals surface area contributed by atoms with E-state index in [2.05, 4.69) is 143 Å². The number of furan rings is 2. The Labute approximate surface area is 303 Å². The highest BCUT2D eigenvalue weighted by molar-refractivity contribution is 6.12. The Kier molecular flexibility index (Phi) is 5.71. The summed E-state index contributed by atoms with van der Waals surface area (Å²) >= 11 is 0. The molecule has 1 aliphatic rings. The second-order valence-electron chi connectivity index (χ2n) is 13.7. The van der Waals surface area contributed by atoms with Crippen LogP contribution < -0.4 is 9.64 Å². The molecule has 0 saturated carbocycles. The second-order valence-corrected chi connectivity index (χ2v) is 13.7. The number of rotatable bonds is 3. The third kappa shape index (κ3) is 4.13. The number of fused-ring (bicyclic) bond motifs is 11. The van der Waals surface area contributed by atoms with Gasteiger partial charge in [0.1, 0.15) is 22.3 Å². The Hall–Kier alpha value is -7.24. The highest BCUT2D eigenvalue weighted by Gasteiger charge is 2.27. The standard InChI is InChI=1S/C48H28N2O3/c1-4-12-39-33(9-1)36-25-29(17-21-40(36)49(39)31-19-23-45-37(27-31)34-10-2-6-14-43(34)51-45)30-18-22-42-48(26-30)53-47-16-8-5-13-41(47)50(42)32-20-24-46-38(28-32)35-11-3-7-15-44(35)52-46/h1-28H. The molecule has 0 atom stereocenters. The van der Waals surface area contributed by atoms with E-state index in [4.69, 9.17) is 13.6 Å². The molecule has 0 bridgehead atoms. The van der Waals surface area contributed by atoms with Crippen LogP contribution >= 0.6 is 0 Å². The number of hydrogen-bond donors (Lipinski definition) is 0. The van der Waals surface area contributed by atoms with E-state index in [1.54, 1.807) is 0 Å². The van der Waals surface area contributed by atoms with Crippen LogP contribution in [-0.2, 0) is 0 Å². The molecule has 0 spiro atoms. The Morgan fingerprint density at radius 3 is 1.70 bits per heavy atom. The first kappa shape index (κ1) is 28.5. The molecule has 53 heavy (non-hydrogen) atoms. The first-order valence-corrected chi connectivity index (χ1v) is 17.8. The van der Waals surface area contributed by atoms with Gasteiger partial charge in [0, 0.05) is 43.7 Å². The minimum Gasteiger partial charge on any atom is -0.456 e. The predicted octanol–water partition coefficient (Wildman–Crippen LogP) is 13.8. The summed E-state index contributed by atoms with van der Waals surface area (Å²) in [5.41, 5.74) is 12.2. The van der Waals surface area contributed by atoms with Gasteiger partial charge in [-0.05, 0) is 102 Å². The smallest absolute Gasteiger partial charge is 0.152 e. The Balaban J connectivity index is 0.996. The lowest BCUT2D eigenvalue weighted by Gasteiger charge is -2.33. The van der Waals surface area contributed by atoms with Crippen LogP contribution in [0, 0.1) is 0 Å². The number of aromatic nitrogens is 1. The van der Waals surface area contributed by atoms with Gasteiger partial charge in [0.15, 0.2) is 11.5 Å². The van der Waals surface area contributed by atoms with Crippen LogP contribution in [0.3, 0.4) is 0 Å². The lowest BCUT2D eigenvalue weighted by Crippen LogP contribution is -2.15. The molecule has 12 rings (SSSR count). The highest BCUT2D eigenvalue weighted by atomic mass is 16.5. The van der Waals surface area contributed by atoms with E-state index in [-0.39, 0.29) is 0 Å². The van der Waals surface area contributed by atoms with Gasteiger partial charge in [0.25, 0.3) is 0 Å². The lowest BCUT2D eigenvalue weighted by molar-refractivity contribution is 0.477. The molecule has 8 aromatic carbocycles. The van der Waals surface area contributed by atoms with Gasteiger partial charge in [0.05, 0.1) is 22.4 Å². The molecule has 11 aromatic rings. The molecule has 0 fully saturated rings. The number of ether oxygens (including phenoxy) is 1. The fourth-order valence-corrected chi connectivity index (χ4v) is 8.35.